The van der Waals surface area contributed by atoms with Gasteiger partial charge in [0.2, 0.25) is 0 Å². The van der Waals surface area contributed by atoms with E-state index in [4.69, 9.17) is 14.8 Å². The summed E-state index contributed by atoms with van der Waals surface area (Å²) < 4.78 is 4.79. The number of carbonyl (C=O) groups excluding carboxylic acids is 3. The molecule has 0 aromatic heterocycles. The average Bonchev–Trinajstić information content (AvgIpc) is 2.87. The summed E-state index contributed by atoms with van der Waals surface area (Å²) in [5, 5.41) is 10.1. The highest BCUT2D eigenvalue weighted by molar-refractivity contribution is 6.07. The van der Waals surface area contributed by atoms with Crippen molar-refractivity contribution >= 4 is 35.7 Å². The summed E-state index contributed by atoms with van der Waals surface area (Å²) in [7, 11) is 0. The molecular formula is C25H27N3O6. The lowest BCUT2D eigenvalue weighted by molar-refractivity contribution is -0.129. The summed E-state index contributed by atoms with van der Waals surface area (Å²) in [5.41, 5.74) is 4.74. The lowest BCUT2D eigenvalue weighted by Gasteiger charge is -2.34. The van der Waals surface area contributed by atoms with Crippen LogP contribution in [-0.4, -0.2) is 60.9 Å². The predicted molar refractivity (Wildman–Crippen MR) is 127 cm³/mol. The van der Waals surface area contributed by atoms with E-state index >= 15 is 0 Å². The van der Waals surface area contributed by atoms with E-state index in [-0.39, 0.29) is 12.4 Å². The maximum atomic E-state index is 12.5. The average molecular weight is 466 g/mol. The van der Waals surface area contributed by atoms with Crippen molar-refractivity contribution in [2.45, 2.75) is 6.92 Å². The maximum Gasteiger partial charge on any atom is 0.527 e. The molecule has 1 saturated heterocycles. The number of hydrogen-bond donors (Lipinski definition) is 2. The third-order valence-corrected chi connectivity index (χ3v) is 5.12. The van der Waals surface area contributed by atoms with Gasteiger partial charge in [0.1, 0.15) is 0 Å². The number of piperazine rings is 1. The van der Waals surface area contributed by atoms with Gasteiger partial charge in [0.25, 0.3) is 5.91 Å². The number of amides is 1. The Morgan fingerprint density at radius 3 is 2.06 bits per heavy atom. The van der Waals surface area contributed by atoms with Gasteiger partial charge in [-0.2, -0.15) is 0 Å². The van der Waals surface area contributed by atoms with Crippen LogP contribution < -0.4 is 10.4 Å². The van der Waals surface area contributed by atoms with Gasteiger partial charge in [0.15, 0.2) is 5.78 Å². The van der Waals surface area contributed by atoms with Gasteiger partial charge in [0, 0.05) is 30.4 Å². The van der Waals surface area contributed by atoms with Crippen molar-refractivity contribution in [3.05, 3.63) is 77.4 Å². The normalized spacial score (nSPS) is 14.4. The Hall–Kier alpha value is -3.95. The fraction of sp³-hybridized carbons (Fsp3) is 0.240. The standard InChI is InChI=1S/C25H27N3O6/c1-2-33-25(31)34-28-17-15-27(16-18-28)22-11-9-21(10-12-22)23(29)13-7-19-3-5-20(6-4-19)8-14-24(30)26-32/h3-14,32H,2,15-18H2,1H3,(H,26,30)/b13-7+,14-8+. The van der Waals surface area contributed by atoms with Crippen molar-refractivity contribution in [2.75, 3.05) is 37.7 Å². The summed E-state index contributed by atoms with van der Waals surface area (Å²) in [6.07, 6.45) is 5.35. The molecule has 0 spiro atoms. The van der Waals surface area contributed by atoms with Crippen LogP contribution in [0.4, 0.5) is 10.5 Å². The van der Waals surface area contributed by atoms with Crippen LogP contribution in [0, 0.1) is 0 Å². The van der Waals surface area contributed by atoms with E-state index in [0.29, 0.717) is 31.7 Å². The molecule has 0 unspecified atom stereocenters. The number of carbonyl (C=O) groups is 3. The van der Waals surface area contributed by atoms with Crippen molar-refractivity contribution in [2.24, 2.45) is 0 Å². The summed E-state index contributed by atoms with van der Waals surface area (Å²) in [5.74, 6) is -0.714. The molecule has 1 heterocycles. The predicted octanol–water partition coefficient (Wildman–Crippen LogP) is 3.31. The number of nitrogens with zero attached hydrogens (tertiary/aromatic N) is 2. The van der Waals surface area contributed by atoms with Crippen molar-refractivity contribution in [1.29, 1.82) is 0 Å². The molecule has 2 aromatic rings. The number of hydrogen-bond acceptors (Lipinski definition) is 8. The van der Waals surface area contributed by atoms with Gasteiger partial charge in [-0.1, -0.05) is 30.3 Å². The first kappa shape index (κ1) is 24.7. The molecule has 0 saturated carbocycles. The number of ether oxygens (including phenoxy) is 1. The zero-order valence-electron chi connectivity index (χ0n) is 18.8. The molecule has 1 fully saturated rings. The zero-order chi connectivity index (χ0) is 24.3. The SMILES string of the molecule is CCOC(=O)ON1CCN(c2ccc(C(=O)/C=C/c3ccc(/C=C/C(=O)NO)cc3)cc2)CC1. The molecule has 1 amide bonds. The smallest absolute Gasteiger partial charge is 0.433 e. The van der Waals surface area contributed by atoms with Crippen molar-refractivity contribution in [3.8, 4) is 0 Å². The molecule has 2 N–H and O–H groups in total. The summed E-state index contributed by atoms with van der Waals surface area (Å²) in [6, 6.07) is 14.7. The fourth-order valence-corrected chi connectivity index (χ4v) is 3.32. The maximum absolute atomic E-state index is 12.5. The quantitative estimate of drug-likeness (QED) is 0.201. The van der Waals surface area contributed by atoms with E-state index in [1.807, 2.05) is 24.3 Å². The van der Waals surface area contributed by atoms with Crippen LogP contribution in [-0.2, 0) is 14.4 Å². The van der Waals surface area contributed by atoms with Gasteiger partial charge >= 0.3 is 6.16 Å². The number of nitrogens with one attached hydrogen (secondary N) is 1. The number of rotatable bonds is 8. The van der Waals surface area contributed by atoms with Crippen molar-refractivity contribution in [1.82, 2.24) is 10.5 Å². The highest BCUT2D eigenvalue weighted by atomic mass is 16.8. The lowest BCUT2D eigenvalue weighted by Crippen LogP contribution is -2.47. The number of ketones is 1. The van der Waals surface area contributed by atoms with Gasteiger partial charge in [-0.25, -0.2) is 10.3 Å². The molecule has 0 radical (unpaired) electrons. The number of allylic oxidation sites excluding steroid dienone is 1. The number of benzene rings is 2. The minimum atomic E-state index is -0.688. The Bertz CT molecular complexity index is 1040. The van der Waals surface area contributed by atoms with Crippen LogP contribution in [0.3, 0.4) is 0 Å². The van der Waals surface area contributed by atoms with E-state index < -0.39 is 12.1 Å². The Labute approximate surface area is 197 Å². The highest BCUT2D eigenvalue weighted by Gasteiger charge is 2.21. The van der Waals surface area contributed by atoms with E-state index in [1.54, 1.807) is 48.4 Å². The van der Waals surface area contributed by atoms with Crippen LogP contribution in [0.5, 0.6) is 0 Å². The van der Waals surface area contributed by atoms with Crippen LogP contribution in [0.25, 0.3) is 12.2 Å². The second-order valence-corrected chi connectivity index (χ2v) is 7.41. The monoisotopic (exact) mass is 465 g/mol. The van der Waals surface area contributed by atoms with E-state index in [1.165, 1.54) is 17.6 Å². The minimum absolute atomic E-state index is 0.109. The highest BCUT2D eigenvalue weighted by Crippen LogP contribution is 2.18. The van der Waals surface area contributed by atoms with Gasteiger partial charge in [0.05, 0.1) is 19.7 Å². The molecule has 0 bridgehead atoms. The van der Waals surface area contributed by atoms with E-state index in [9.17, 15) is 14.4 Å². The molecule has 178 valence electrons. The second kappa shape index (κ2) is 12.3. The van der Waals surface area contributed by atoms with Gasteiger partial charge in [-0.05, 0) is 54.5 Å². The van der Waals surface area contributed by atoms with Crippen LogP contribution in [0.1, 0.15) is 28.4 Å². The Morgan fingerprint density at radius 2 is 1.50 bits per heavy atom. The van der Waals surface area contributed by atoms with Gasteiger partial charge in [-0.3, -0.25) is 14.8 Å². The van der Waals surface area contributed by atoms with Crippen LogP contribution in [0.15, 0.2) is 60.7 Å². The Balaban J connectivity index is 1.51. The number of anilines is 1. The van der Waals surface area contributed by atoms with Crippen LogP contribution in [0.2, 0.25) is 0 Å². The lowest BCUT2D eigenvalue weighted by atomic mass is 10.1. The van der Waals surface area contributed by atoms with E-state index in [0.717, 1.165) is 16.8 Å². The topological polar surface area (TPSA) is 108 Å². The molecular weight excluding hydrogens is 438 g/mol. The van der Waals surface area contributed by atoms with Crippen molar-refractivity contribution in [3.63, 3.8) is 0 Å². The summed E-state index contributed by atoms with van der Waals surface area (Å²) in [6.45, 7) is 4.49. The Kier molecular flexibility index (Phi) is 8.96. The fourth-order valence-electron chi connectivity index (χ4n) is 3.32. The molecule has 3 rings (SSSR count). The van der Waals surface area contributed by atoms with Crippen LogP contribution >= 0.6 is 0 Å². The third-order valence-electron chi connectivity index (χ3n) is 5.12. The van der Waals surface area contributed by atoms with E-state index in [2.05, 4.69) is 4.90 Å². The molecule has 1 aliphatic heterocycles. The molecule has 1 aliphatic rings. The molecule has 2 aromatic carbocycles. The van der Waals surface area contributed by atoms with Gasteiger partial charge < -0.3 is 14.5 Å². The molecule has 0 atom stereocenters. The third kappa shape index (κ3) is 7.29. The minimum Gasteiger partial charge on any atom is -0.433 e. The first-order chi connectivity index (χ1) is 16.5. The zero-order valence-corrected chi connectivity index (χ0v) is 18.8. The molecule has 0 aliphatic carbocycles. The molecule has 9 nitrogen and oxygen atoms in total. The summed E-state index contributed by atoms with van der Waals surface area (Å²) in [4.78, 5) is 42.3. The number of hydroxylamine groups is 3. The molecule has 34 heavy (non-hydrogen) atoms. The van der Waals surface area contributed by atoms with Gasteiger partial charge in [-0.15, -0.1) is 5.06 Å². The van der Waals surface area contributed by atoms with Crippen molar-refractivity contribution < 1.29 is 29.2 Å². The Morgan fingerprint density at radius 1 is 0.912 bits per heavy atom. The second-order valence-electron chi connectivity index (χ2n) is 7.41. The largest absolute Gasteiger partial charge is 0.527 e. The summed E-state index contributed by atoms with van der Waals surface area (Å²) >= 11 is 0. The first-order valence-corrected chi connectivity index (χ1v) is 10.9. The first-order valence-electron chi connectivity index (χ1n) is 10.9. The molecule has 9 heteroatoms.